The average molecular weight is 430 g/mol. The summed E-state index contributed by atoms with van der Waals surface area (Å²) in [5, 5.41) is 3.57. The lowest BCUT2D eigenvalue weighted by Crippen LogP contribution is -2.47. The van der Waals surface area contributed by atoms with Crippen molar-refractivity contribution in [2.45, 2.75) is 52.6 Å². The van der Waals surface area contributed by atoms with Crippen LogP contribution in [0.5, 0.6) is 0 Å². The van der Waals surface area contributed by atoms with Crippen LogP contribution in [0.25, 0.3) is 0 Å². The van der Waals surface area contributed by atoms with Crippen molar-refractivity contribution in [2.75, 3.05) is 23.3 Å². The standard InChI is InChI=1S/C27H31N3O2/c1-18-26-22(14-27(2,3)15-24(26)31)28-21-10-6-7-11-23(21)30(18)17-25(32)29-13-12-19-8-4-5-9-20(19)16-29/h4-11,18,28H,12-17H2,1-3H3. The van der Waals surface area contributed by atoms with Crippen molar-refractivity contribution in [2.24, 2.45) is 5.41 Å². The highest BCUT2D eigenvalue weighted by Gasteiger charge is 2.39. The van der Waals surface area contributed by atoms with Gasteiger partial charge in [0.25, 0.3) is 0 Å². The topological polar surface area (TPSA) is 52.7 Å². The Labute approximate surface area is 190 Å². The summed E-state index contributed by atoms with van der Waals surface area (Å²) < 4.78 is 0. The van der Waals surface area contributed by atoms with Gasteiger partial charge in [0.1, 0.15) is 0 Å². The predicted molar refractivity (Wildman–Crippen MR) is 127 cm³/mol. The van der Waals surface area contributed by atoms with Gasteiger partial charge in [0, 0.05) is 30.8 Å². The Hall–Kier alpha value is -3.08. The molecule has 2 aliphatic heterocycles. The van der Waals surface area contributed by atoms with Crippen LogP contribution < -0.4 is 10.2 Å². The van der Waals surface area contributed by atoms with Crippen LogP contribution >= 0.6 is 0 Å². The van der Waals surface area contributed by atoms with Crippen LogP contribution in [0.3, 0.4) is 0 Å². The van der Waals surface area contributed by atoms with Gasteiger partial charge in [-0.05, 0) is 48.4 Å². The van der Waals surface area contributed by atoms with E-state index in [1.54, 1.807) is 0 Å². The van der Waals surface area contributed by atoms with E-state index >= 15 is 0 Å². The zero-order valence-corrected chi connectivity index (χ0v) is 19.1. The summed E-state index contributed by atoms with van der Waals surface area (Å²) in [6.07, 6.45) is 2.26. The molecule has 32 heavy (non-hydrogen) atoms. The zero-order chi connectivity index (χ0) is 22.5. The first kappa shape index (κ1) is 20.8. The van der Waals surface area contributed by atoms with Crippen molar-refractivity contribution in [1.29, 1.82) is 0 Å². The third-order valence-corrected chi connectivity index (χ3v) is 7.09. The molecule has 1 N–H and O–H groups in total. The van der Waals surface area contributed by atoms with Crippen molar-refractivity contribution in [3.8, 4) is 0 Å². The summed E-state index contributed by atoms with van der Waals surface area (Å²) in [7, 11) is 0. The maximum atomic E-state index is 13.5. The number of hydrogen-bond donors (Lipinski definition) is 1. The summed E-state index contributed by atoms with van der Waals surface area (Å²) in [6.45, 7) is 8.00. The largest absolute Gasteiger partial charge is 0.357 e. The summed E-state index contributed by atoms with van der Waals surface area (Å²) in [5.74, 6) is 0.294. The van der Waals surface area contributed by atoms with Crippen LogP contribution in [0.15, 0.2) is 59.8 Å². The first-order valence-electron chi connectivity index (χ1n) is 11.6. The van der Waals surface area contributed by atoms with Gasteiger partial charge in [0.15, 0.2) is 5.78 Å². The Bertz CT molecular complexity index is 1120. The number of benzene rings is 2. The van der Waals surface area contributed by atoms with E-state index in [0.29, 0.717) is 13.0 Å². The first-order chi connectivity index (χ1) is 15.3. The smallest absolute Gasteiger partial charge is 0.242 e. The Morgan fingerprint density at radius 2 is 1.78 bits per heavy atom. The average Bonchev–Trinajstić information content (AvgIpc) is 2.87. The van der Waals surface area contributed by atoms with Crippen LogP contribution in [0.1, 0.15) is 44.7 Å². The Kier molecular flexibility index (Phi) is 5.07. The van der Waals surface area contributed by atoms with Gasteiger partial charge in [-0.25, -0.2) is 0 Å². The molecule has 0 radical (unpaired) electrons. The fourth-order valence-corrected chi connectivity index (χ4v) is 5.46. The molecule has 1 atom stereocenters. The number of anilines is 2. The van der Waals surface area contributed by atoms with E-state index in [1.807, 2.05) is 35.2 Å². The van der Waals surface area contributed by atoms with Gasteiger partial charge in [-0.15, -0.1) is 0 Å². The number of para-hydroxylation sites is 2. The minimum Gasteiger partial charge on any atom is -0.357 e. The molecule has 166 valence electrons. The Morgan fingerprint density at radius 3 is 2.59 bits per heavy atom. The molecular formula is C27H31N3O2. The van der Waals surface area contributed by atoms with Crippen molar-refractivity contribution < 1.29 is 9.59 Å². The minimum atomic E-state index is -0.161. The lowest BCUT2D eigenvalue weighted by molar-refractivity contribution is -0.130. The number of Topliss-reactive ketones (excluding diaryl/α,β-unsaturated/α-hetero) is 1. The number of carbonyl (C=O) groups is 2. The SMILES string of the molecule is CC1C2=C(CC(C)(C)CC2=O)Nc2ccccc2N1CC(=O)N1CCc2ccccc2C1. The van der Waals surface area contributed by atoms with E-state index in [2.05, 4.69) is 49.2 Å². The van der Waals surface area contributed by atoms with E-state index in [9.17, 15) is 9.59 Å². The highest BCUT2D eigenvalue weighted by molar-refractivity contribution is 6.01. The van der Waals surface area contributed by atoms with Gasteiger partial charge in [0.2, 0.25) is 5.91 Å². The summed E-state index contributed by atoms with van der Waals surface area (Å²) in [4.78, 5) is 30.7. The Morgan fingerprint density at radius 1 is 1.06 bits per heavy atom. The number of nitrogens with zero attached hydrogens (tertiary/aromatic N) is 2. The summed E-state index contributed by atoms with van der Waals surface area (Å²) in [6, 6.07) is 16.3. The first-order valence-corrected chi connectivity index (χ1v) is 11.6. The molecule has 0 saturated carbocycles. The van der Waals surface area contributed by atoms with E-state index < -0.39 is 0 Å². The summed E-state index contributed by atoms with van der Waals surface area (Å²) >= 11 is 0. The van der Waals surface area contributed by atoms with Crippen LogP contribution in [-0.4, -0.2) is 35.7 Å². The predicted octanol–water partition coefficient (Wildman–Crippen LogP) is 4.54. The van der Waals surface area contributed by atoms with Crippen LogP contribution in [0, 0.1) is 5.41 Å². The number of nitrogens with one attached hydrogen (secondary N) is 1. The molecule has 5 rings (SSSR count). The van der Waals surface area contributed by atoms with Gasteiger partial charge in [0.05, 0.1) is 24.0 Å². The number of ketones is 1. The maximum Gasteiger partial charge on any atom is 0.242 e. The Balaban J connectivity index is 1.46. The van der Waals surface area contributed by atoms with Crippen molar-refractivity contribution >= 4 is 23.1 Å². The van der Waals surface area contributed by atoms with E-state index in [4.69, 9.17) is 0 Å². The molecular weight excluding hydrogens is 398 g/mol. The summed E-state index contributed by atoms with van der Waals surface area (Å²) in [5.41, 5.74) is 6.28. The number of amides is 1. The maximum absolute atomic E-state index is 13.5. The molecule has 0 fully saturated rings. The van der Waals surface area contributed by atoms with Crippen molar-refractivity contribution in [1.82, 2.24) is 4.90 Å². The van der Waals surface area contributed by atoms with E-state index in [0.717, 1.165) is 42.0 Å². The van der Waals surface area contributed by atoms with Crippen molar-refractivity contribution in [3.63, 3.8) is 0 Å². The quantitative estimate of drug-likeness (QED) is 0.762. The monoisotopic (exact) mass is 429 g/mol. The molecule has 2 aromatic rings. The molecule has 0 bridgehead atoms. The molecule has 1 amide bonds. The third kappa shape index (κ3) is 3.70. The molecule has 2 heterocycles. The van der Waals surface area contributed by atoms with Gasteiger partial charge in [-0.1, -0.05) is 50.2 Å². The molecule has 1 unspecified atom stereocenters. The molecule has 0 saturated heterocycles. The highest BCUT2D eigenvalue weighted by atomic mass is 16.2. The second-order valence-electron chi connectivity index (χ2n) is 10.1. The highest BCUT2D eigenvalue weighted by Crippen LogP contribution is 2.43. The number of fused-ring (bicyclic) bond motifs is 2. The second-order valence-corrected chi connectivity index (χ2v) is 10.1. The molecule has 3 aliphatic rings. The minimum absolute atomic E-state index is 0.0657. The molecule has 2 aromatic carbocycles. The molecule has 0 aromatic heterocycles. The lowest BCUT2D eigenvalue weighted by Gasteiger charge is -2.37. The fraction of sp³-hybridized carbons (Fsp3) is 0.407. The number of rotatable bonds is 2. The zero-order valence-electron chi connectivity index (χ0n) is 19.1. The number of hydrogen-bond acceptors (Lipinski definition) is 4. The molecule has 5 nitrogen and oxygen atoms in total. The second kappa shape index (κ2) is 7.80. The third-order valence-electron chi connectivity index (χ3n) is 7.09. The lowest BCUT2D eigenvalue weighted by atomic mass is 9.74. The van der Waals surface area contributed by atoms with E-state index in [1.165, 1.54) is 11.1 Å². The molecule has 1 aliphatic carbocycles. The van der Waals surface area contributed by atoms with E-state index in [-0.39, 0.29) is 29.7 Å². The van der Waals surface area contributed by atoms with Gasteiger partial charge in [-0.2, -0.15) is 0 Å². The normalized spacial score (nSPS) is 21.8. The van der Waals surface area contributed by atoms with Crippen LogP contribution in [0.2, 0.25) is 0 Å². The van der Waals surface area contributed by atoms with Gasteiger partial charge < -0.3 is 15.1 Å². The molecule has 0 spiro atoms. The van der Waals surface area contributed by atoms with Gasteiger partial charge in [-0.3, -0.25) is 9.59 Å². The van der Waals surface area contributed by atoms with Gasteiger partial charge >= 0.3 is 0 Å². The number of carbonyl (C=O) groups excluding carboxylic acids is 2. The van der Waals surface area contributed by atoms with Crippen LogP contribution in [-0.2, 0) is 22.6 Å². The van der Waals surface area contributed by atoms with Crippen LogP contribution in [0.4, 0.5) is 11.4 Å². The van der Waals surface area contributed by atoms with Crippen molar-refractivity contribution in [3.05, 3.63) is 70.9 Å². The molecule has 5 heteroatoms. The number of allylic oxidation sites excluding steroid dienone is 1. The fourth-order valence-electron chi connectivity index (χ4n) is 5.46.